The van der Waals surface area contributed by atoms with Crippen LogP contribution in [0.3, 0.4) is 0 Å². The summed E-state index contributed by atoms with van der Waals surface area (Å²) in [5.74, 6) is 0.622. The molecule has 1 aromatic heterocycles. The summed E-state index contributed by atoms with van der Waals surface area (Å²) in [5.41, 5.74) is 2.13. The maximum atomic E-state index is 11.5. The Labute approximate surface area is 99.3 Å². The van der Waals surface area contributed by atoms with Gasteiger partial charge in [0.15, 0.2) is 5.82 Å². The van der Waals surface area contributed by atoms with Gasteiger partial charge in [-0.3, -0.25) is 10.4 Å². The van der Waals surface area contributed by atoms with E-state index in [1.165, 1.54) is 0 Å². The molecule has 1 aliphatic heterocycles. The van der Waals surface area contributed by atoms with Crippen molar-refractivity contribution >= 4 is 11.8 Å². The van der Waals surface area contributed by atoms with Gasteiger partial charge in [-0.2, -0.15) is 5.10 Å². The molecule has 2 heterocycles. The molecule has 2 rings (SSSR count). The molecule has 7 heteroatoms. The van der Waals surface area contributed by atoms with Crippen LogP contribution in [-0.4, -0.2) is 43.0 Å². The highest BCUT2D eigenvalue weighted by Crippen LogP contribution is 2.19. The van der Waals surface area contributed by atoms with Gasteiger partial charge in [-0.15, -0.1) is 0 Å². The van der Waals surface area contributed by atoms with Crippen LogP contribution in [0.2, 0.25) is 0 Å². The van der Waals surface area contributed by atoms with Crippen LogP contribution in [0.15, 0.2) is 0 Å². The van der Waals surface area contributed by atoms with Gasteiger partial charge in [0.2, 0.25) is 0 Å². The molecule has 2 amide bonds. The topological polar surface area (TPSA) is 91.1 Å². The lowest BCUT2D eigenvalue weighted by Gasteiger charge is -2.13. The highest BCUT2D eigenvalue weighted by Gasteiger charge is 2.17. The monoisotopic (exact) mass is 239 g/mol. The molecular formula is C10H17N5O2. The van der Waals surface area contributed by atoms with Crippen molar-refractivity contribution in [3.8, 4) is 0 Å². The molecule has 0 spiro atoms. The normalized spacial score (nSPS) is 14.2. The van der Waals surface area contributed by atoms with Crippen LogP contribution >= 0.6 is 0 Å². The number of carbonyl (C=O) groups excluding carboxylic acids is 1. The summed E-state index contributed by atoms with van der Waals surface area (Å²) in [6.45, 7) is 2.66. The highest BCUT2D eigenvalue weighted by atomic mass is 16.5. The van der Waals surface area contributed by atoms with Crippen molar-refractivity contribution in [3.05, 3.63) is 11.3 Å². The number of aromatic amines is 1. The Kier molecular flexibility index (Phi) is 3.94. The van der Waals surface area contributed by atoms with Crippen molar-refractivity contribution in [2.75, 3.05) is 32.1 Å². The van der Waals surface area contributed by atoms with Gasteiger partial charge in [-0.1, -0.05) is 0 Å². The van der Waals surface area contributed by atoms with E-state index in [1.54, 1.807) is 7.11 Å². The van der Waals surface area contributed by atoms with Crippen LogP contribution in [0, 0.1) is 0 Å². The number of ether oxygens (including phenoxy) is 1. The number of nitrogens with zero attached hydrogens (tertiary/aromatic N) is 1. The predicted molar refractivity (Wildman–Crippen MR) is 62.9 cm³/mol. The molecule has 4 N–H and O–H groups in total. The van der Waals surface area contributed by atoms with Crippen LogP contribution in [0.25, 0.3) is 0 Å². The van der Waals surface area contributed by atoms with E-state index < -0.39 is 0 Å². The van der Waals surface area contributed by atoms with E-state index in [0.717, 1.165) is 30.8 Å². The minimum absolute atomic E-state index is 0.255. The first-order valence-electron chi connectivity index (χ1n) is 5.62. The lowest BCUT2D eigenvalue weighted by molar-refractivity contribution is 0.198. The molecule has 0 aromatic carbocycles. The molecule has 0 unspecified atom stereocenters. The summed E-state index contributed by atoms with van der Waals surface area (Å²) in [6.07, 6.45) is 0.875. The van der Waals surface area contributed by atoms with E-state index >= 15 is 0 Å². The van der Waals surface area contributed by atoms with Crippen molar-refractivity contribution in [2.24, 2.45) is 0 Å². The van der Waals surface area contributed by atoms with Crippen molar-refractivity contribution < 1.29 is 9.53 Å². The Bertz CT molecular complexity index is 390. The molecule has 0 saturated carbocycles. The van der Waals surface area contributed by atoms with E-state index in [4.69, 9.17) is 4.74 Å². The molecule has 94 valence electrons. The van der Waals surface area contributed by atoms with Crippen molar-refractivity contribution in [1.29, 1.82) is 0 Å². The van der Waals surface area contributed by atoms with Gasteiger partial charge < -0.3 is 15.4 Å². The number of rotatable bonds is 4. The van der Waals surface area contributed by atoms with Gasteiger partial charge in [-0.25, -0.2) is 4.79 Å². The fraction of sp³-hybridized carbons (Fsp3) is 0.600. The van der Waals surface area contributed by atoms with E-state index in [0.29, 0.717) is 19.0 Å². The van der Waals surface area contributed by atoms with Crippen molar-refractivity contribution in [1.82, 2.24) is 20.8 Å². The van der Waals surface area contributed by atoms with E-state index in [1.807, 2.05) is 0 Å². The molecule has 0 radical (unpaired) electrons. The van der Waals surface area contributed by atoms with E-state index in [-0.39, 0.29) is 6.03 Å². The summed E-state index contributed by atoms with van der Waals surface area (Å²) < 4.78 is 4.85. The second-order valence-corrected chi connectivity index (χ2v) is 3.83. The number of hydrogen-bond acceptors (Lipinski definition) is 4. The summed E-state index contributed by atoms with van der Waals surface area (Å²) in [4.78, 5) is 11.5. The lowest BCUT2D eigenvalue weighted by atomic mass is 10.1. The number of hydrogen-bond donors (Lipinski definition) is 4. The zero-order chi connectivity index (χ0) is 12.1. The third-order valence-electron chi connectivity index (χ3n) is 2.63. The van der Waals surface area contributed by atoms with E-state index in [9.17, 15) is 4.79 Å². The summed E-state index contributed by atoms with van der Waals surface area (Å²) in [6, 6.07) is -0.255. The maximum absolute atomic E-state index is 11.5. The molecule has 0 saturated heterocycles. The SMILES string of the molecule is COCCNC(=O)Nc1n[nH]c2c1CCNC2. The first-order chi connectivity index (χ1) is 8.31. The largest absolute Gasteiger partial charge is 0.383 e. The molecule has 17 heavy (non-hydrogen) atoms. The number of urea groups is 1. The number of fused-ring (bicyclic) bond motifs is 1. The number of methoxy groups -OCH3 is 1. The van der Waals surface area contributed by atoms with Crippen LogP contribution in [0.4, 0.5) is 10.6 Å². The molecule has 0 fully saturated rings. The Morgan fingerprint density at radius 1 is 1.59 bits per heavy atom. The summed E-state index contributed by atoms with van der Waals surface area (Å²) >= 11 is 0. The number of H-pyrrole nitrogens is 1. The second-order valence-electron chi connectivity index (χ2n) is 3.83. The third kappa shape index (κ3) is 2.95. The summed E-state index contributed by atoms with van der Waals surface area (Å²) in [5, 5.41) is 15.7. The molecule has 1 aromatic rings. The highest BCUT2D eigenvalue weighted by molar-refractivity contribution is 5.89. The van der Waals surface area contributed by atoms with Crippen LogP contribution in [0.5, 0.6) is 0 Å². The zero-order valence-corrected chi connectivity index (χ0v) is 9.80. The maximum Gasteiger partial charge on any atom is 0.320 e. The molecular weight excluding hydrogens is 222 g/mol. The summed E-state index contributed by atoms with van der Waals surface area (Å²) in [7, 11) is 1.59. The average Bonchev–Trinajstić information content (AvgIpc) is 2.73. The van der Waals surface area contributed by atoms with Crippen molar-refractivity contribution in [2.45, 2.75) is 13.0 Å². The van der Waals surface area contributed by atoms with Gasteiger partial charge in [0.25, 0.3) is 0 Å². The standard InChI is InChI=1S/C10H17N5O2/c1-17-5-4-12-10(16)13-9-7-2-3-11-6-8(7)14-15-9/h11H,2-6H2,1H3,(H3,12,13,14,15,16). The smallest absolute Gasteiger partial charge is 0.320 e. The number of aromatic nitrogens is 2. The van der Waals surface area contributed by atoms with Gasteiger partial charge >= 0.3 is 6.03 Å². The molecule has 7 nitrogen and oxygen atoms in total. The van der Waals surface area contributed by atoms with Crippen LogP contribution in [0.1, 0.15) is 11.3 Å². The first-order valence-corrected chi connectivity index (χ1v) is 5.62. The van der Waals surface area contributed by atoms with Crippen LogP contribution in [-0.2, 0) is 17.7 Å². The molecule has 0 atom stereocenters. The molecule has 0 bridgehead atoms. The Hall–Kier alpha value is -1.60. The number of carbonyl (C=O) groups is 1. The number of amides is 2. The Morgan fingerprint density at radius 2 is 2.47 bits per heavy atom. The average molecular weight is 239 g/mol. The van der Waals surface area contributed by atoms with Gasteiger partial charge in [0, 0.05) is 25.8 Å². The van der Waals surface area contributed by atoms with Gasteiger partial charge in [0.05, 0.1) is 12.3 Å². The fourth-order valence-corrected chi connectivity index (χ4v) is 1.77. The number of nitrogens with one attached hydrogen (secondary N) is 4. The lowest BCUT2D eigenvalue weighted by Crippen LogP contribution is -2.32. The minimum atomic E-state index is -0.255. The van der Waals surface area contributed by atoms with Crippen LogP contribution < -0.4 is 16.0 Å². The third-order valence-corrected chi connectivity index (χ3v) is 2.63. The fourth-order valence-electron chi connectivity index (χ4n) is 1.77. The Balaban J connectivity index is 1.90. The van der Waals surface area contributed by atoms with Crippen molar-refractivity contribution in [3.63, 3.8) is 0 Å². The molecule has 0 aliphatic carbocycles. The first kappa shape index (κ1) is 11.9. The number of anilines is 1. The van der Waals surface area contributed by atoms with Gasteiger partial charge in [0.1, 0.15) is 0 Å². The second kappa shape index (κ2) is 5.65. The zero-order valence-electron chi connectivity index (χ0n) is 9.80. The van der Waals surface area contributed by atoms with E-state index in [2.05, 4.69) is 26.1 Å². The van der Waals surface area contributed by atoms with Gasteiger partial charge in [-0.05, 0) is 13.0 Å². The Morgan fingerprint density at radius 3 is 3.29 bits per heavy atom. The predicted octanol–water partition coefficient (Wildman–Crippen LogP) is -0.177. The minimum Gasteiger partial charge on any atom is -0.383 e. The molecule has 1 aliphatic rings. The quantitative estimate of drug-likeness (QED) is 0.549.